The molecule has 5 atom stereocenters. The first kappa shape index (κ1) is 19.0. The number of hydrogen-bond acceptors (Lipinski definition) is 5. The van der Waals surface area contributed by atoms with Crippen LogP contribution in [0.25, 0.3) is 0 Å². The summed E-state index contributed by atoms with van der Waals surface area (Å²) in [6.45, 7) is 5.57. The van der Waals surface area contributed by atoms with Crippen molar-refractivity contribution in [2.75, 3.05) is 6.61 Å². The van der Waals surface area contributed by atoms with Gasteiger partial charge in [-0.15, -0.1) is 0 Å². The van der Waals surface area contributed by atoms with Crippen LogP contribution in [0.1, 0.15) is 32.8 Å². The summed E-state index contributed by atoms with van der Waals surface area (Å²) in [4.78, 5) is 24.3. The number of hydrogen-bond donors (Lipinski definition) is 0. The van der Waals surface area contributed by atoms with Gasteiger partial charge in [0.2, 0.25) is 15.9 Å². The van der Waals surface area contributed by atoms with Crippen molar-refractivity contribution in [1.82, 2.24) is 4.31 Å². The second-order valence-corrected chi connectivity index (χ2v) is 9.37. The van der Waals surface area contributed by atoms with Crippen LogP contribution in [0.5, 0.6) is 0 Å². The summed E-state index contributed by atoms with van der Waals surface area (Å²) < 4.78 is 32.4. The molecule has 1 aromatic rings. The second kappa shape index (κ2) is 7.12. The molecule has 2 fully saturated rings. The van der Waals surface area contributed by atoms with E-state index in [9.17, 15) is 18.0 Å². The molecule has 0 unspecified atom stereocenters. The van der Waals surface area contributed by atoms with Crippen LogP contribution in [0.4, 0.5) is 0 Å². The van der Waals surface area contributed by atoms with Crippen LogP contribution in [0, 0.1) is 17.8 Å². The zero-order valence-corrected chi connectivity index (χ0v) is 16.1. The van der Waals surface area contributed by atoms with Gasteiger partial charge in [-0.05, 0) is 18.4 Å². The highest BCUT2D eigenvalue weighted by atomic mass is 32.2. The van der Waals surface area contributed by atoms with E-state index >= 15 is 0 Å². The van der Waals surface area contributed by atoms with Gasteiger partial charge >= 0.3 is 0 Å². The van der Waals surface area contributed by atoms with Gasteiger partial charge in [0.15, 0.2) is 0 Å². The third-order valence-electron chi connectivity index (χ3n) is 5.79. The van der Waals surface area contributed by atoms with Gasteiger partial charge in [0.1, 0.15) is 5.78 Å². The van der Waals surface area contributed by atoms with E-state index in [4.69, 9.17) is 4.74 Å². The van der Waals surface area contributed by atoms with E-state index in [1.165, 1.54) is 6.92 Å². The van der Waals surface area contributed by atoms with Gasteiger partial charge in [-0.25, -0.2) is 12.7 Å². The van der Waals surface area contributed by atoms with Crippen LogP contribution in [-0.2, 0) is 31.0 Å². The molecule has 2 aliphatic rings. The van der Waals surface area contributed by atoms with Crippen molar-refractivity contribution >= 4 is 21.7 Å². The summed E-state index contributed by atoms with van der Waals surface area (Å²) in [6.07, 6.45) is -0.0164. The highest BCUT2D eigenvalue weighted by molar-refractivity contribution is 7.90. The fourth-order valence-electron chi connectivity index (χ4n) is 4.48. The predicted molar refractivity (Wildman–Crippen MR) is 96.6 cm³/mol. The van der Waals surface area contributed by atoms with Gasteiger partial charge in [0.25, 0.3) is 0 Å². The molecule has 0 bridgehead atoms. The van der Waals surface area contributed by atoms with E-state index in [2.05, 4.69) is 0 Å². The Bertz CT molecular complexity index is 791. The first-order chi connectivity index (χ1) is 12.2. The van der Waals surface area contributed by atoms with Crippen LogP contribution < -0.4 is 0 Å². The molecule has 1 saturated heterocycles. The first-order valence-electron chi connectivity index (χ1n) is 8.93. The Morgan fingerprint density at radius 1 is 1.23 bits per heavy atom. The van der Waals surface area contributed by atoms with E-state index in [0.29, 0.717) is 13.2 Å². The van der Waals surface area contributed by atoms with Crippen molar-refractivity contribution in [3.05, 3.63) is 35.9 Å². The maximum absolute atomic E-state index is 12.8. The highest BCUT2D eigenvalue weighted by Gasteiger charge is 2.59. The normalized spacial score (nSPS) is 33.1. The van der Waals surface area contributed by atoms with Gasteiger partial charge < -0.3 is 4.74 Å². The summed E-state index contributed by atoms with van der Waals surface area (Å²) >= 11 is 0. The second-order valence-electron chi connectivity index (χ2n) is 7.34. The molecule has 0 aromatic heterocycles. The van der Waals surface area contributed by atoms with E-state index in [-0.39, 0.29) is 30.0 Å². The fraction of sp³-hybridized carbons (Fsp3) is 0.579. The lowest BCUT2D eigenvalue weighted by Crippen LogP contribution is -2.46. The van der Waals surface area contributed by atoms with E-state index < -0.39 is 27.2 Å². The van der Waals surface area contributed by atoms with Crippen molar-refractivity contribution < 1.29 is 22.7 Å². The Balaban J connectivity index is 1.81. The van der Waals surface area contributed by atoms with Crippen LogP contribution >= 0.6 is 0 Å². The van der Waals surface area contributed by atoms with Crippen LogP contribution in [0.3, 0.4) is 0 Å². The number of benzene rings is 1. The molecule has 1 amide bonds. The lowest BCUT2D eigenvalue weighted by molar-refractivity contribution is -0.130. The van der Waals surface area contributed by atoms with Gasteiger partial charge in [-0.1, -0.05) is 37.3 Å². The third-order valence-corrected chi connectivity index (χ3v) is 8.18. The third kappa shape index (κ3) is 3.18. The molecule has 1 saturated carbocycles. The van der Waals surface area contributed by atoms with Crippen LogP contribution in [0.15, 0.2) is 30.3 Å². The zero-order valence-electron chi connectivity index (χ0n) is 15.3. The Kier molecular flexibility index (Phi) is 5.21. The Hall–Kier alpha value is -1.73. The molecule has 0 radical (unpaired) electrons. The number of nitrogens with zero attached hydrogens (tertiary/aromatic N) is 1. The summed E-state index contributed by atoms with van der Waals surface area (Å²) in [7, 11) is -3.80. The topological polar surface area (TPSA) is 80.8 Å². The molecule has 1 aliphatic carbocycles. The molecule has 6 nitrogen and oxygen atoms in total. The number of ether oxygens (including phenoxy) is 1. The molecule has 3 rings (SSSR count). The zero-order chi connectivity index (χ0) is 19.1. The van der Waals surface area contributed by atoms with Crippen molar-refractivity contribution in [2.45, 2.75) is 45.1 Å². The quantitative estimate of drug-likeness (QED) is 0.799. The Morgan fingerprint density at radius 2 is 1.88 bits per heavy atom. The molecule has 7 heteroatoms. The summed E-state index contributed by atoms with van der Waals surface area (Å²) in [5.74, 6) is -1.35. The number of Topliss-reactive ketones (excluding diaryl/α,β-unsaturated/α-hetero) is 1. The number of sulfonamides is 1. The lowest BCUT2D eigenvalue weighted by Gasteiger charge is -2.37. The van der Waals surface area contributed by atoms with E-state index in [0.717, 1.165) is 9.87 Å². The molecule has 142 valence electrons. The maximum Gasteiger partial charge on any atom is 0.241 e. The molecule has 0 N–H and O–H groups in total. The molecular formula is C19H25NO5S. The average molecular weight is 379 g/mol. The lowest BCUT2D eigenvalue weighted by atomic mass is 9.69. The van der Waals surface area contributed by atoms with E-state index in [1.54, 1.807) is 6.92 Å². The summed E-state index contributed by atoms with van der Waals surface area (Å²) in [6, 6.07) is 9.24. The minimum atomic E-state index is -3.80. The molecule has 1 aromatic carbocycles. The largest absolute Gasteiger partial charge is 0.376 e. The monoisotopic (exact) mass is 379 g/mol. The van der Waals surface area contributed by atoms with E-state index in [1.807, 2.05) is 37.3 Å². The molecular weight excluding hydrogens is 354 g/mol. The number of amides is 1. The van der Waals surface area contributed by atoms with Crippen molar-refractivity contribution in [2.24, 2.45) is 17.8 Å². The standard InChI is InChI=1S/C19H25NO5S/c1-12-16(11-25-10-15-7-5-4-6-8-15)19-13(2)20(14(3)21)26(23,24)18(19)9-17(12)22/h4-8,12-13,16,18-19H,9-11H2,1-3H3/t12-,13-,16+,18-,19+/m1/s1. The van der Waals surface area contributed by atoms with Crippen LogP contribution in [0.2, 0.25) is 0 Å². The molecule has 1 aliphatic heterocycles. The summed E-state index contributed by atoms with van der Waals surface area (Å²) in [5, 5.41) is -0.824. The van der Waals surface area contributed by atoms with Crippen molar-refractivity contribution in [3.8, 4) is 0 Å². The average Bonchev–Trinajstić information content (AvgIpc) is 2.77. The number of rotatable bonds is 4. The molecule has 1 heterocycles. The highest BCUT2D eigenvalue weighted by Crippen LogP contribution is 2.46. The van der Waals surface area contributed by atoms with Crippen molar-refractivity contribution in [3.63, 3.8) is 0 Å². The molecule has 26 heavy (non-hydrogen) atoms. The predicted octanol–water partition coefficient (Wildman–Crippen LogP) is 1.99. The Labute approximate surface area is 154 Å². The summed E-state index contributed by atoms with van der Waals surface area (Å²) in [5.41, 5.74) is 1.02. The number of carbonyl (C=O) groups is 2. The fourth-order valence-corrected chi connectivity index (χ4v) is 6.94. The molecule has 0 spiro atoms. The smallest absolute Gasteiger partial charge is 0.241 e. The maximum atomic E-state index is 12.8. The van der Waals surface area contributed by atoms with Gasteiger partial charge in [0.05, 0.1) is 18.5 Å². The van der Waals surface area contributed by atoms with Crippen molar-refractivity contribution in [1.29, 1.82) is 0 Å². The number of carbonyl (C=O) groups excluding carboxylic acids is 2. The Morgan fingerprint density at radius 3 is 2.50 bits per heavy atom. The van der Waals surface area contributed by atoms with Gasteiger partial charge in [-0.3, -0.25) is 9.59 Å². The number of fused-ring (bicyclic) bond motifs is 1. The minimum Gasteiger partial charge on any atom is -0.376 e. The van der Waals surface area contributed by atoms with Gasteiger partial charge in [-0.2, -0.15) is 0 Å². The number of ketones is 1. The SMILES string of the molecule is CC(=O)N1[C@H](C)[C@H]2[C@@H](COCc3ccccc3)[C@@H](C)C(=O)C[C@H]2S1(=O)=O. The van der Waals surface area contributed by atoms with Crippen LogP contribution in [-0.4, -0.2) is 42.3 Å². The first-order valence-corrected chi connectivity index (χ1v) is 10.4. The minimum absolute atomic E-state index is 0.0164. The van der Waals surface area contributed by atoms with Gasteiger partial charge in [0, 0.05) is 31.2 Å².